The first-order valence-corrected chi connectivity index (χ1v) is 7.72. The van der Waals surface area contributed by atoms with E-state index in [2.05, 4.69) is 19.2 Å². The Kier molecular flexibility index (Phi) is 4.71. The third-order valence-electron chi connectivity index (χ3n) is 4.98. The number of likely N-dealkylation sites (tertiary alicyclic amines) is 1. The van der Waals surface area contributed by atoms with Crippen LogP contribution in [0.2, 0.25) is 0 Å². The van der Waals surface area contributed by atoms with E-state index in [4.69, 9.17) is 0 Å². The molecule has 1 saturated carbocycles. The van der Waals surface area contributed by atoms with Crippen LogP contribution < -0.4 is 5.32 Å². The van der Waals surface area contributed by atoms with Crippen LogP contribution in [0.25, 0.3) is 0 Å². The highest BCUT2D eigenvalue weighted by atomic mass is 16.3. The second-order valence-corrected chi connectivity index (χ2v) is 6.72. The zero-order chi connectivity index (χ0) is 13.9. The van der Waals surface area contributed by atoms with Crippen molar-refractivity contribution in [3.8, 4) is 0 Å². The molecule has 0 radical (unpaired) electrons. The highest BCUT2D eigenvalue weighted by molar-refractivity contribution is 5.75. The molecule has 2 aliphatic rings. The summed E-state index contributed by atoms with van der Waals surface area (Å²) in [5.41, 5.74) is -0.368. The molecule has 2 fully saturated rings. The van der Waals surface area contributed by atoms with Crippen molar-refractivity contribution in [1.29, 1.82) is 0 Å². The van der Waals surface area contributed by atoms with Crippen molar-refractivity contribution in [1.82, 2.24) is 10.2 Å². The molecule has 4 heteroatoms. The number of nitrogens with zero attached hydrogens (tertiary/aromatic N) is 1. The van der Waals surface area contributed by atoms with Gasteiger partial charge in [0.15, 0.2) is 0 Å². The van der Waals surface area contributed by atoms with Gasteiger partial charge < -0.3 is 15.3 Å². The maximum absolute atomic E-state index is 12.3. The summed E-state index contributed by atoms with van der Waals surface area (Å²) in [6.07, 6.45) is 6.18. The number of rotatable bonds is 2. The van der Waals surface area contributed by atoms with Crippen LogP contribution in [-0.4, -0.2) is 41.3 Å². The van der Waals surface area contributed by atoms with Crippen LogP contribution in [0.15, 0.2) is 0 Å². The van der Waals surface area contributed by atoms with E-state index in [1.807, 2.05) is 4.90 Å². The fourth-order valence-corrected chi connectivity index (χ4v) is 3.15. The molecule has 0 atom stereocenters. The molecule has 2 amide bonds. The van der Waals surface area contributed by atoms with E-state index in [1.165, 1.54) is 0 Å². The maximum Gasteiger partial charge on any atom is 0.317 e. The molecule has 1 aliphatic heterocycles. The van der Waals surface area contributed by atoms with Gasteiger partial charge >= 0.3 is 6.03 Å². The van der Waals surface area contributed by atoms with Crippen LogP contribution in [0.5, 0.6) is 0 Å². The lowest BCUT2D eigenvalue weighted by Gasteiger charge is -2.41. The number of nitrogens with one attached hydrogen (secondary N) is 1. The van der Waals surface area contributed by atoms with Crippen molar-refractivity contribution in [3.05, 3.63) is 0 Å². The van der Waals surface area contributed by atoms with Crippen LogP contribution in [0, 0.1) is 11.8 Å². The number of piperidine rings is 1. The molecule has 110 valence electrons. The summed E-state index contributed by atoms with van der Waals surface area (Å²) in [4.78, 5) is 14.2. The first-order valence-electron chi connectivity index (χ1n) is 7.72. The lowest BCUT2D eigenvalue weighted by molar-refractivity contribution is 0.0974. The third-order valence-corrected chi connectivity index (χ3v) is 4.98. The average Bonchev–Trinajstić information content (AvgIpc) is 2.42. The molecule has 2 N–H and O–H groups in total. The SMILES string of the molecule is CC1CCN(C(=O)NC2(CO)CCC(C)CC2)CC1. The monoisotopic (exact) mass is 268 g/mol. The number of urea groups is 1. The van der Waals surface area contributed by atoms with Crippen molar-refractivity contribution in [3.63, 3.8) is 0 Å². The molecule has 0 aromatic carbocycles. The largest absolute Gasteiger partial charge is 0.394 e. The normalized spacial score (nSPS) is 33.2. The van der Waals surface area contributed by atoms with Crippen LogP contribution in [0.3, 0.4) is 0 Å². The van der Waals surface area contributed by atoms with Crippen molar-refractivity contribution in [2.24, 2.45) is 11.8 Å². The lowest BCUT2D eigenvalue weighted by Crippen LogP contribution is -2.57. The fraction of sp³-hybridized carbons (Fsp3) is 0.933. The number of amides is 2. The number of hydrogen-bond donors (Lipinski definition) is 2. The molecule has 1 aliphatic carbocycles. The van der Waals surface area contributed by atoms with Gasteiger partial charge in [-0.2, -0.15) is 0 Å². The molecular formula is C15H28N2O2. The van der Waals surface area contributed by atoms with Crippen LogP contribution in [0.1, 0.15) is 52.4 Å². The van der Waals surface area contributed by atoms with Crippen molar-refractivity contribution in [2.45, 2.75) is 57.9 Å². The molecule has 4 nitrogen and oxygen atoms in total. The molecular weight excluding hydrogens is 240 g/mol. The minimum Gasteiger partial charge on any atom is -0.394 e. The smallest absolute Gasteiger partial charge is 0.317 e. The zero-order valence-electron chi connectivity index (χ0n) is 12.3. The Morgan fingerprint density at radius 1 is 1.16 bits per heavy atom. The van der Waals surface area contributed by atoms with Crippen LogP contribution >= 0.6 is 0 Å². The lowest BCUT2D eigenvalue weighted by atomic mass is 9.77. The Hall–Kier alpha value is -0.770. The van der Waals surface area contributed by atoms with E-state index in [-0.39, 0.29) is 18.2 Å². The summed E-state index contributed by atoms with van der Waals surface area (Å²) < 4.78 is 0. The summed E-state index contributed by atoms with van der Waals surface area (Å²) >= 11 is 0. The maximum atomic E-state index is 12.3. The van der Waals surface area contributed by atoms with E-state index >= 15 is 0 Å². The first kappa shape index (κ1) is 14.6. The highest BCUT2D eigenvalue weighted by Gasteiger charge is 2.36. The number of hydrogen-bond acceptors (Lipinski definition) is 2. The Bertz CT molecular complexity index is 303. The number of carbonyl (C=O) groups is 1. The van der Waals surface area contributed by atoms with E-state index < -0.39 is 0 Å². The van der Waals surface area contributed by atoms with Crippen molar-refractivity contribution >= 4 is 6.03 Å². The van der Waals surface area contributed by atoms with Gasteiger partial charge in [-0.15, -0.1) is 0 Å². The fourth-order valence-electron chi connectivity index (χ4n) is 3.15. The Morgan fingerprint density at radius 2 is 1.68 bits per heavy atom. The summed E-state index contributed by atoms with van der Waals surface area (Å²) in [5, 5.41) is 12.8. The average molecular weight is 268 g/mol. The predicted molar refractivity (Wildman–Crippen MR) is 76.0 cm³/mol. The van der Waals surface area contributed by atoms with E-state index in [9.17, 15) is 9.90 Å². The van der Waals surface area contributed by atoms with Gasteiger partial charge in [-0.25, -0.2) is 4.79 Å². The molecule has 2 rings (SSSR count). The van der Waals surface area contributed by atoms with Gasteiger partial charge in [-0.1, -0.05) is 13.8 Å². The van der Waals surface area contributed by atoms with Gasteiger partial charge in [0.25, 0.3) is 0 Å². The van der Waals surface area contributed by atoms with Gasteiger partial charge in [-0.05, 0) is 50.4 Å². The molecule has 1 heterocycles. The van der Waals surface area contributed by atoms with Gasteiger partial charge in [0.05, 0.1) is 12.1 Å². The van der Waals surface area contributed by atoms with Gasteiger partial charge in [0.1, 0.15) is 0 Å². The third kappa shape index (κ3) is 3.62. The summed E-state index contributed by atoms with van der Waals surface area (Å²) in [5.74, 6) is 1.44. The van der Waals surface area contributed by atoms with Crippen molar-refractivity contribution < 1.29 is 9.90 Å². The zero-order valence-corrected chi connectivity index (χ0v) is 12.3. The molecule has 0 aromatic heterocycles. The Morgan fingerprint density at radius 3 is 2.21 bits per heavy atom. The van der Waals surface area contributed by atoms with E-state index in [0.29, 0.717) is 5.92 Å². The molecule has 19 heavy (non-hydrogen) atoms. The van der Waals surface area contributed by atoms with E-state index in [0.717, 1.165) is 57.5 Å². The quantitative estimate of drug-likeness (QED) is 0.808. The number of aliphatic hydroxyl groups is 1. The Balaban J connectivity index is 1.89. The van der Waals surface area contributed by atoms with Gasteiger partial charge in [0.2, 0.25) is 0 Å². The summed E-state index contributed by atoms with van der Waals surface area (Å²) in [6, 6.07) is 0.0236. The molecule has 0 aromatic rings. The van der Waals surface area contributed by atoms with Gasteiger partial charge in [-0.3, -0.25) is 0 Å². The minimum absolute atomic E-state index is 0.0236. The molecule has 0 unspecified atom stereocenters. The predicted octanol–water partition coefficient (Wildman–Crippen LogP) is 2.37. The van der Waals surface area contributed by atoms with Gasteiger partial charge in [0, 0.05) is 13.1 Å². The number of aliphatic hydroxyl groups excluding tert-OH is 1. The highest BCUT2D eigenvalue weighted by Crippen LogP contribution is 2.32. The molecule has 0 spiro atoms. The topological polar surface area (TPSA) is 52.6 Å². The van der Waals surface area contributed by atoms with E-state index in [1.54, 1.807) is 0 Å². The van der Waals surface area contributed by atoms with Crippen LogP contribution in [-0.2, 0) is 0 Å². The standard InChI is InChI=1S/C15H28N2O2/c1-12-3-7-15(11-18,8-4-12)16-14(19)17-9-5-13(2)6-10-17/h12-13,18H,3-11H2,1-2H3,(H,16,19). The van der Waals surface area contributed by atoms with Crippen LogP contribution in [0.4, 0.5) is 4.79 Å². The second-order valence-electron chi connectivity index (χ2n) is 6.72. The van der Waals surface area contributed by atoms with Crippen molar-refractivity contribution in [2.75, 3.05) is 19.7 Å². The first-order chi connectivity index (χ1) is 9.04. The number of carbonyl (C=O) groups excluding carboxylic acids is 1. The molecule has 0 bridgehead atoms. The minimum atomic E-state index is -0.368. The summed E-state index contributed by atoms with van der Waals surface area (Å²) in [6.45, 7) is 6.26. The Labute approximate surface area is 116 Å². The summed E-state index contributed by atoms with van der Waals surface area (Å²) in [7, 11) is 0. The second kappa shape index (κ2) is 6.12. The molecule has 1 saturated heterocycles.